The molecule has 0 amide bonds. The molecule has 5 nitrogen and oxygen atoms in total. The van der Waals surface area contributed by atoms with E-state index in [4.69, 9.17) is 0 Å². The lowest BCUT2D eigenvalue weighted by Crippen LogP contribution is -2.19. The second kappa shape index (κ2) is 4.97. The average Bonchev–Trinajstić information content (AvgIpc) is 3.01. The molecule has 19 heavy (non-hydrogen) atoms. The van der Waals surface area contributed by atoms with Crippen molar-refractivity contribution in [2.45, 2.75) is 26.3 Å². The summed E-state index contributed by atoms with van der Waals surface area (Å²) in [6, 6.07) is 4.53. The third-order valence-corrected chi connectivity index (χ3v) is 3.87. The summed E-state index contributed by atoms with van der Waals surface area (Å²) in [5.74, 6) is 1.65. The zero-order valence-corrected chi connectivity index (χ0v) is 11.7. The standard InChI is InChI=1S/C13H15N5S/c1-9(8-11-4-3-7-19-11)15-12-13-17-16-10(2)18(13)6-5-14-12/h3-7,9H,8H2,1-2H3,(H,14,15). The molecule has 0 radical (unpaired) electrons. The Balaban J connectivity index is 1.81. The molecule has 98 valence electrons. The van der Waals surface area contributed by atoms with Gasteiger partial charge in [0.15, 0.2) is 5.82 Å². The normalized spacial score (nSPS) is 12.7. The number of nitrogens with one attached hydrogen (secondary N) is 1. The van der Waals surface area contributed by atoms with Gasteiger partial charge in [0.05, 0.1) is 0 Å². The second-order valence-electron chi connectivity index (χ2n) is 4.55. The summed E-state index contributed by atoms with van der Waals surface area (Å²) in [7, 11) is 0. The molecule has 6 heteroatoms. The van der Waals surface area contributed by atoms with Crippen molar-refractivity contribution in [3.05, 3.63) is 40.6 Å². The molecule has 0 aliphatic rings. The number of aromatic nitrogens is 4. The molecule has 0 aromatic carbocycles. The molecule has 0 aliphatic heterocycles. The van der Waals surface area contributed by atoms with E-state index in [1.165, 1.54) is 4.88 Å². The first-order chi connectivity index (χ1) is 9.24. The maximum atomic E-state index is 4.36. The van der Waals surface area contributed by atoms with Crippen molar-refractivity contribution in [2.24, 2.45) is 0 Å². The topological polar surface area (TPSA) is 55.1 Å². The highest BCUT2D eigenvalue weighted by Crippen LogP contribution is 2.16. The van der Waals surface area contributed by atoms with Gasteiger partial charge < -0.3 is 5.32 Å². The van der Waals surface area contributed by atoms with Crippen LogP contribution in [0.1, 0.15) is 17.6 Å². The van der Waals surface area contributed by atoms with E-state index in [9.17, 15) is 0 Å². The van der Waals surface area contributed by atoms with E-state index in [1.807, 2.05) is 17.5 Å². The number of thiophene rings is 1. The van der Waals surface area contributed by atoms with E-state index < -0.39 is 0 Å². The molecule has 1 N–H and O–H groups in total. The molecule has 0 bridgehead atoms. The third-order valence-electron chi connectivity index (χ3n) is 2.97. The summed E-state index contributed by atoms with van der Waals surface area (Å²) in [6.07, 6.45) is 4.62. The van der Waals surface area contributed by atoms with Gasteiger partial charge in [0.1, 0.15) is 5.82 Å². The number of nitrogens with zero attached hydrogens (tertiary/aromatic N) is 4. The quantitative estimate of drug-likeness (QED) is 0.793. The summed E-state index contributed by atoms with van der Waals surface area (Å²) < 4.78 is 1.94. The van der Waals surface area contributed by atoms with Crippen molar-refractivity contribution in [3.8, 4) is 0 Å². The van der Waals surface area contributed by atoms with Crippen LogP contribution in [0.4, 0.5) is 5.82 Å². The lowest BCUT2D eigenvalue weighted by atomic mass is 10.2. The smallest absolute Gasteiger partial charge is 0.203 e. The zero-order chi connectivity index (χ0) is 13.2. The Morgan fingerprint density at radius 3 is 3.11 bits per heavy atom. The maximum Gasteiger partial charge on any atom is 0.203 e. The van der Waals surface area contributed by atoms with E-state index in [0.29, 0.717) is 6.04 Å². The predicted octanol–water partition coefficient (Wildman–Crippen LogP) is 2.54. The van der Waals surface area contributed by atoms with Crippen LogP contribution in [0.15, 0.2) is 29.9 Å². The molecule has 0 saturated heterocycles. The van der Waals surface area contributed by atoms with Gasteiger partial charge >= 0.3 is 0 Å². The Bertz CT molecular complexity index is 673. The molecule has 3 aromatic rings. The molecule has 3 rings (SSSR count). The van der Waals surface area contributed by atoms with Crippen molar-refractivity contribution in [1.29, 1.82) is 0 Å². The minimum absolute atomic E-state index is 0.300. The van der Waals surface area contributed by atoms with E-state index in [1.54, 1.807) is 17.5 Å². The Hall–Kier alpha value is -1.95. The van der Waals surface area contributed by atoms with Crippen molar-refractivity contribution < 1.29 is 0 Å². The van der Waals surface area contributed by atoms with Crippen LogP contribution in [0.5, 0.6) is 0 Å². The summed E-state index contributed by atoms with van der Waals surface area (Å²) >= 11 is 1.78. The fourth-order valence-corrected chi connectivity index (χ4v) is 2.89. The number of hydrogen-bond donors (Lipinski definition) is 1. The van der Waals surface area contributed by atoms with E-state index in [-0.39, 0.29) is 0 Å². The molecule has 0 fully saturated rings. The summed E-state index contributed by atoms with van der Waals surface area (Å²) in [5, 5.41) is 13.7. The van der Waals surface area contributed by atoms with Gasteiger partial charge in [-0.05, 0) is 25.3 Å². The number of hydrogen-bond acceptors (Lipinski definition) is 5. The highest BCUT2D eigenvalue weighted by molar-refractivity contribution is 7.09. The maximum absolute atomic E-state index is 4.36. The minimum atomic E-state index is 0.300. The van der Waals surface area contributed by atoms with Crippen LogP contribution in [0.25, 0.3) is 5.65 Å². The molecule has 0 saturated carbocycles. The van der Waals surface area contributed by atoms with Crippen molar-refractivity contribution in [2.75, 3.05) is 5.32 Å². The number of aryl methyl sites for hydroxylation is 1. The van der Waals surface area contributed by atoms with E-state index in [0.717, 1.165) is 23.7 Å². The van der Waals surface area contributed by atoms with Crippen molar-refractivity contribution in [1.82, 2.24) is 19.6 Å². The molecule has 3 heterocycles. The molecule has 0 spiro atoms. The zero-order valence-electron chi connectivity index (χ0n) is 10.9. The SMILES string of the molecule is Cc1nnc2c(NC(C)Cc3cccs3)nccn12. The lowest BCUT2D eigenvalue weighted by molar-refractivity contribution is 0.793. The highest BCUT2D eigenvalue weighted by atomic mass is 32.1. The van der Waals surface area contributed by atoms with Gasteiger partial charge in [-0.25, -0.2) is 4.98 Å². The number of rotatable bonds is 4. The Morgan fingerprint density at radius 1 is 1.42 bits per heavy atom. The van der Waals surface area contributed by atoms with Gasteiger partial charge in [-0.1, -0.05) is 6.07 Å². The second-order valence-corrected chi connectivity index (χ2v) is 5.58. The average molecular weight is 273 g/mol. The summed E-state index contributed by atoms with van der Waals surface area (Å²) in [4.78, 5) is 5.72. The highest BCUT2D eigenvalue weighted by Gasteiger charge is 2.11. The van der Waals surface area contributed by atoms with Gasteiger partial charge in [0.25, 0.3) is 0 Å². The first kappa shape index (κ1) is 12.1. The summed E-state index contributed by atoms with van der Waals surface area (Å²) in [6.45, 7) is 4.08. The van der Waals surface area contributed by atoms with Crippen LogP contribution in [0.3, 0.4) is 0 Å². The fourth-order valence-electron chi connectivity index (χ4n) is 2.06. The fraction of sp³-hybridized carbons (Fsp3) is 0.308. The van der Waals surface area contributed by atoms with Crippen LogP contribution >= 0.6 is 11.3 Å². The van der Waals surface area contributed by atoms with Gasteiger partial charge in [0, 0.05) is 29.7 Å². The molecule has 1 atom stereocenters. The first-order valence-corrected chi connectivity index (χ1v) is 7.07. The predicted molar refractivity (Wildman–Crippen MR) is 76.6 cm³/mol. The third kappa shape index (κ3) is 2.44. The Morgan fingerprint density at radius 2 is 2.32 bits per heavy atom. The van der Waals surface area contributed by atoms with E-state index in [2.05, 4.69) is 44.9 Å². The molecular weight excluding hydrogens is 258 g/mol. The van der Waals surface area contributed by atoms with Gasteiger partial charge in [-0.2, -0.15) is 0 Å². The Kier molecular flexibility index (Phi) is 3.16. The van der Waals surface area contributed by atoms with Gasteiger partial charge in [0.2, 0.25) is 5.65 Å². The van der Waals surface area contributed by atoms with Crippen molar-refractivity contribution in [3.63, 3.8) is 0 Å². The lowest BCUT2D eigenvalue weighted by Gasteiger charge is -2.13. The Labute approximate surface area is 115 Å². The van der Waals surface area contributed by atoms with Crippen molar-refractivity contribution >= 4 is 22.8 Å². The van der Waals surface area contributed by atoms with Crippen LogP contribution < -0.4 is 5.32 Å². The van der Waals surface area contributed by atoms with Gasteiger partial charge in [-0.3, -0.25) is 4.40 Å². The molecular formula is C13H15N5S. The minimum Gasteiger partial charge on any atom is -0.364 e. The largest absolute Gasteiger partial charge is 0.364 e. The summed E-state index contributed by atoms with van der Waals surface area (Å²) in [5.41, 5.74) is 0.776. The molecule has 3 aromatic heterocycles. The van der Waals surface area contributed by atoms with Gasteiger partial charge in [-0.15, -0.1) is 21.5 Å². The van der Waals surface area contributed by atoms with Crippen LogP contribution in [0.2, 0.25) is 0 Å². The first-order valence-electron chi connectivity index (χ1n) is 6.19. The van der Waals surface area contributed by atoms with Crippen LogP contribution in [0, 0.1) is 6.92 Å². The number of anilines is 1. The van der Waals surface area contributed by atoms with E-state index >= 15 is 0 Å². The van der Waals surface area contributed by atoms with Crippen LogP contribution in [-0.4, -0.2) is 25.6 Å². The molecule has 0 aliphatic carbocycles. The monoisotopic (exact) mass is 273 g/mol. The van der Waals surface area contributed by atoms with Crippen LogP contribution in [-0.2, 0) is 6.42 Å². The number of fused-ring (bicyclic) bond motifs is 1. The molecule has 1 unspecified atom stereocenters.